The van der Waals surface area contributed by atoms with Crippen LogP contribution in [0.4, 0.5) is 8.78 Å². The first kappa shape index (κ1) is 20.9. The van der Waals surface area contributed by atoms with Gasteiger partial charge < -0.3 is 4.74 Å². The van der Waals surface area contributed by atoms with Gasteiger partial charge in [-0.15, -0.1) is 0 Å². The van der Waals surface area contributed by atoms with Gasteiger partial charge in [0.05, 0.1) is 0 Å². The fourth-order valence-corrected chi connectivity index (χ4v) is 4.78. The highest BCUT2D eigenvalue weighted by molar-refractivity contribution is 5.33. The Labute approximate surface area is 160 Å². The Kier molecular flexibility index (Phi) is 7.67. The summed E-state index contributed by atoms with van der Waals surface area (Å²) in [5, 5.41) is 0. The maximum atomic E-state index is 14.5. The van der Waals surface area contributed by atoms with Gasteiger partial charge in [-0.05, 0) is 73.8 Å². The van der Waals surface area contributed by atoms with Crippen LogP contribution in [0.25, 0.3) is 0 Å². The minimum Gasteiger partial charge on any atom is -0.486 e. The summed E-state index contributed by atoms with van der Waals surface area (Å²) in [4.78, 5) is 0. The average molecular weight is 369 g/mol. The first-order valence-electron chi connectivity index (χ1n) is 9.81. The molecule has 0 N–H and O–H groups in total. The van der Waals surface area contributed by atoms with Crippen LogP contribution in [-0.2, 0) is 0 Å². The van der Waals surface area contributed by atoms with Crippen molar-refractivity contribution in [3.8, 4) is 5.75 Å². The van der Waals surface area contributed by atoms with Crippen LogP contribution < -0.4 is 4.74 Å². The molecule has 2 fully saturated rings. The predicted molar refractivity (Wildman–Crippen MR) is 109 cm³/mol. The molecule has 1 nitrogen and oxygen atoms in total. The Bertz CT molecular complexity index is 593. The third-order valence-corrected chi connectivity index (χ3v) is 6.37. The molecule has 0 aromatic heterocycles. The van der Waals surface area contributed by atoms with Gasteiger partial charge in [0, 0.05) is 2.85 Å². The van der Waals surface area contributed by atoms with Crippen molar-refractivity contribution in [3.05, 3.63) is 42.0 Å². The zero-order valence-electron chi connectivity index (χ0n) is 15.3. The second-order valence-electron chi connectivity index (χ2n) is 8.01. The number of ether oxygens (including phenoxy) is 1. The summed E-state index contributed by atoms with van der Waals surface area (Å²) in [6, 6.07) is 3.27. The highest BCUT2D eigenvalue weighted by atomic mass is 19.2. The van der Waals surface area contributed by atoms with E-state index in [1.165, 1.54) is 31.8 Å². The molecule has 0 aliphatic heterocycles. The highest BCUT2D eigenvalue weighted by Gasteiger charge is 2.32. The molecule has 26 heavy (non-hydrogen) atoms. The van der Waals surface area contributed by atoms with Crippen LogP contribution >= 0.6 is 0 Å². The number of benzene rings is 1. The van der Waals surface area contributed by atoms with Crippen LogP contribution in [-0.4, -0.2) is 6.61 Å². The van der Waals surface area contributed by atoms with Crippen LogP contribution in [0, 0.1) is 29.4 Å². The second kappa shape index (κ2) is 9.53. The molecule has 150 valence electrons. The van der Waals surface area contributed by atoms with E-state index >= 15 is 0 Å². The summed E-state index contributed by atoms with van der Waals surface area (Å²) >= 11 is 0. The topological polar surface area (TPSA) is 9.23 Å². The molecule has 3 heteroatoms. The van der Waals surface area contributed by atoms with Gasteiger partial charge in [-0.1, -0.05) is 45.9 Å². The van der Waals surface area contributed by atoms with Gasteiger partial charge >= 0.3 is 0 Å². The summed E-state index contributed by atoms with van der Waals surface area (Å²) in [5.74, 6) is 1.05. The molecular weight excluding hydrogens is 330 g/mol. The molecule has 0 atom stereocenters. The molecular formula is C23H38F2O. The monoisotopic (exact) mass is 368 g/mol. The van der Waals surface area contributed by atoms with Gasteiger partial charge in [0.25, 0.3) is 0 Å². The molecule has 0 saturated heterocycles. The van der Waals surface area contributed by atoms with Gasteiger partial charge in [-0.3, -0.25) is 0 Å². The van der Waals surface area contributed by atoms with E-state index in [0.29, 0.717) is 5.56 Å². The molecule has 3 rings (SSSR count). The largest absolute Gasteiger partial charge is 0.486 e. The van der Waals surface area contributed by atoms with Crippen molar-refractivity contribution in [2.45, 2.75) is 71.6 Å². The van der Waals surface area contributed by atoms with Crippen LogP contribution in [0.2, 0.25) is 0 Å². The molecule has 2 saturated carbocycles. The predicted octanol–water partition coefficient (Wildman–Crippen LogP) is 7.76. The summed E-state index contributed by atoms with van der Waals surface area (Å²) in [6.45, 7) is 6.06. The Balaban J connectivity index is 0.00000243. The van der Waals surface area contributed by atoms with Crippen LogP contribution in [0.1, 0.15) is 80.1 Å². The normalized spacial score (nSPS) is 28.9. The molecule has 0 unspecified atom stereocenters. The van der Waals surface area contributed by atoms with Crippen molar-refractivity contribution in [3.63, 3.8) is 0 Å². The van der Waals surface area contributed by atoms with Crippen molar-refractivity contribution < 1.29 is 16.4 Å². The molecule has 0 amide bonds. The maximum Gasteiger partial charge on any atom is 0.200 e. The Morgan fingerprint density at radius 1 is 1.00 bits per heavy atom. The van der Waals surface area contributed by atoms with E-state index in [2.05, 4.69) is 13.5 Å². The van der Waals surface area contributed by atoms with E-state index < -0.39 is 11.6 Å². The van der Waals surface area contributed by atoms with Crippen molar-refractivity contribution >= 4 is 0 Å². The molecule has 2 aliphatic rings. The molecule has 0 bridgehead atoms. The quantitative estimate of drug-likeness (QED) is 0.483. The number of hydrogen-bond acceptors (Lipinski definition) is 1. The Hall–Kier alpha value is -1.38. The van der Waals surface area contributed by atoms with E-state index in [9.17, 15) is 8.78 Å². The van der Waals surface area contributed by atoms with Gasteiger partial charge in [0.1, 0.15) is 6.61 Å². The van der Waals surface area contributed by atoms with Crippen LogP contribution in [0.3, 0.4) is 0 Å². The Morgan fingerprint density at radius 3 is 2.15 bits per heavy atom. The second-order valence-corrected chi connectivity index (χ2v) is 8.01. The minimum absolute atomic E-state index is 0. The van der Waals surface area contributed by atoms with Crippen molar-refractivity contribution in [2.75, 3.05) is 6.61 Å². The van der Waals surface area contributed by atoms with Gasteiger partial charge in [0.2, 0.25) is 5.82 Å². The minimum atomic E-state index is -0.859. The lowest BCUT2D eigenvalue weighted by Crippen LogP contribution is -2.25. The fraction of sp³-hybridized carbons (Fsp3) is 0.652. The SMILES string of the molecule is C.C=CCOc1ccc(C2CCC(C3CCC(C)CC3)CC2)c(F)c1F.[HH].[HH]. The van der Waals surface area contributed by atoms with Crippen molar-refractivity contribution in [1.82, 2.24) is 0 Å². The summed E-state index contributed by atoms with van der Waals surface area (Å²) in [5.41, 5.74) is 0.527. The lowest BCUT2D eigenvalue weighted by Gasteiger charge is -2.37. The van der Waals surface area contributed by atoms with Crippen molar-refractivity contribution in [1.29, 1.82) is 0 Å². The standard InChI is InChI=1S/C22H30F2O.CH4.2H2/c1-3-14-25-20-13-12-19(21(23)22(20)24)18-10-8-17(9-11-18)16-6-4-15(2)5-7-16;;;/h3,12-13,15-18H,1,4-11,14H2,2H3;1H4;2*1H. The lowest BCUT2D eigenvalue weighted by atomic mass is 9.68. The van der Waals surface area contributed by atoms with Crippen molar-refractivity contribution in [2.24, 2.45) is 17.8 Å². The Morgan fingerprint density at radius 2 is 1.58 bits per heavy atom. The van der Waals surface area contributed by atoms with Gasteiger partial charge in [-0.25, -0.2) is 4.39 Å². The third kappa shape index (κ3) is 4.66. The maximum absolute atomic E-state index is 14.5. The zero-order chi connectivity index (χ0) is 17.8. The van der Waals surface area contributed by atoms with E-state index in [0.717, 1.165) is 43.4 Å². The first-order valence-corrected chi connectivity index (χ1v) is 9.81. The molecule has 2 aliphatic carbocycles. The molecule has 1 aromatic carbocycles. The average Bonchev–Trinajstić information content (AvgIpc) is 2.64. The summed E-state index contributed by atoms with van der Waals surface area (Å²) in [6.07, 6.45) is 11.2. The molecule has 0 radical (unpaired) electrons. The number of rotatable bonds is 5. The summed E-state index contributed by atoms with van der Waals surface area (Å²) in [7, 11) is 0. The third-order valence-electron chi connectivity index (χ3n) is 6.37. The van der Waals surface area contributed by atoms with Crippen LogP contribution in [0.5, 0.6) is 5.75 Å². The van der Waals surface area contributed by atoms with E-state index in [4.69, 9.17) is 4.74 Å². The molecule has 0 spiro atoms. The highest BCUT2D eigenvalue weighted by Crippen LogP contribution is 2.44. The zero-order valence-corrected chi connectivity index (χ0v) is 15.3. The van der Waals surface area contributed by atoms with Crippen LogP contribution in [0.15, 0.2) is 24.8 Å². The van der Waals surface area contributed by atoms with Gasteiger partial charge in [-0.2, -0.15) is 4.39 Å². The molecule has 0 heterocycles. The number of hydrogen-bond donors (Lipinski definition) is 0. The summed E-state index contributed by atoms with van der Waals surface area (Å²) < 4.78 is 33.9. The fourth-order valence-electron chi connectivity index (χ4n) is 4.78. The smallest absolute Gasteiger partial charge is 0.200 e. The lowest BCUT2D eigenvalue weighted by molar-refractivity contribution is 0.164. The van der Waals surface area contributed by atoms with E-state index in [1.54, 1.807) is 12.1 Å². The van der Waals surface area contributed by atoms with E-state index in [1.807, 2.05) is 0 Å². The molecule has 1 aromatic rings. The van der Waals surface area contributed by atoms with Gasteiger partial charge in [0.15, 0.2) is 11.6 Å². The van der Waals surface area contributed by atoms with E-state index in [-0.39, 0.29) is 28.6 Å². The number of halogens is 2. The first-order chi connectivity index (χ1) is 12.1.